The number of hydrogen-bond donors (Lipinski definition) is 4. The first-order chi connectivity index (χ1) is 10.6. The van der Waals surface area contributed by atoms with Gasteiger partial charge in [0, 0.05) is 6.04 Å². The van der Waals surface area contributed by atoms with Crippen molar-refractivity contribution in [3.05, 3.63) is 29.8 Å². The number of thiocarbonyl (C=S) groups is 1. The maximum absolute atomic E-state index is 9.56. The summed E-state index contributed by atoms with van der Waals surface area (Å²) < 4.78 is 0. The first-order valence-corrected chi connectivity index (χ1v) is 8.50. The highest BCUT2D eigenvalue weighted by atomic mass is 32.1. The molecule has 4 nitrogen and oxygen atoms in total. The summed E-state index contributed by atoms with van der Waals surface area (Å²) in [4.78, 5) is 0. The van der Waals surface area contributed by atoms with E-state index in [9.17, 15) is 10.2 Å². The topological polar surface area (TPSA) is 64.5 Å². The molecule has 2 fully saturated rings. The summed E-state index contributed by atoms with van der Waals surface area (Å²) in [6.07, 6.45) is 5.95. The van der Waals surface area contributed by atoms with Gasteiger partial charge in [-0.1, -0.05) is 18.6 Å². The molecule has 4 N–H and O–H groups in total. The van der Waals surface area contributed by atoms with Crippen molar-refractivity contribution in [1.82, 2.24) is 10.6 Å². The summed E-state index contributed by atoms with van der Waals surface area (Å²) in [6, 6.07) is 7.46. The molecule has 2 bridgehead atoms. The number of aliphatic hydroxyl groups is 1. The molecule has 0 radical (unpaired) electrons. The molecule has 2 saturated carbocycles. The number of benzene rings is 1. The van der Waals surface area contributed by atoms with Crippen molar-refractivity contribution in [2.24, 2.45) is 11.8 Å². The van der Waals surface area contributed by atoms with Crippen LogP contribution in [0.1, 0.15) is 31.2 Å². The van der Waals surface area contributed by atoms with E-state index in [2.05, 4.69) is 10.6 Å². The van der Waals surface area contributed by atoms with Gasteiger partial charge in [0.05, 0.1) is 12.6 Å². The number of fused-ring (bicyclic) bond motifs is 2. The molecule has 0 saturated heterocycles. The SMILES string of the molecule is OC[C@H](Cc1ccc(O)cc1)NC(=S)N[C@@H]1C[C@H]2CC[C@H]1C2. The Kier molecular flexibility index (Phi) is 4.84. The zero-order valence-electron chi connectivity index (χ0n) is 12.7. The Morgan fingerprint density at radius 3 is 2.59 bits per heavy atom. The second kappa shape index (κ2) is 6.84. The molecule has 0 aromatic heterocycles. The fourth-order valence-electron chi connectivity index (χ4n) is 3.89. The van der Waals surface area contributed by atoms with Gasteiger partial charge in [-0.2, -0.15) is 0 Å². The van der Waals surface area contributed by atoms with Gasteiger partial charge in [-0.25, -0.2) is 0 Å². The molecule has 3 rings (SSSR count). The Morgan fingerprint density at radius 1 is 1.23 bits per heavy atom. The van der Waals surface area contributed by atoms with E-state index in [1.54, 1.807) is 12.1 Å². The summed E-state index contributed by atoms with van der Waals surface area (Å²) >= 11 is 5.41. The van der Waals surface area contributed by atoms with Gasteiger partial charge in [0.15, 0.2) is 5.11 Å². The lowest BCUT2D eigenvalue weighted by molar-refractivity contribution is 0.254. The second-order valence-electron chi connectivity index (χ2n) is 6.65. The Hall–Kier alpha value is -1.33. The summed E-state index contributed by atoms with van der Waals surface area (Å²) in [5.74, 6) is 1.91. The fraction of sp³-hybridized carbons (Fsp3) is 0.588. The minimum absolute atomic E-state index is 0.0272. The van der Waals surface area contributed by atoms with Crippen LogP contribution in [0.5, 0.6) is 5.75 Å². The standard InChI is InChI=1S/C17H24N2O2S/c20-10-14(8-11-2-5-15(21)6-3-11)18-17(22)19-16-9-12-1-4-13(16)7-12/h2-3,5-6,12-14,16,20-21H,1,4,7-10H2,(H2,18,19,22)/t12-,13-,14-,16+/m0/s1. The average Bonchev–Trinajstić information content (AvgIpc) is 3.11. The molecular weight excluding hydrogens is 296 g/mol. The van der Waals surface area contributed by atoms with Crippen LogP contribution in [0, 0.1) is 11.8 Å². The van der Waals surface area contributed by atoms with Crippen molar-refractivity contribution in [2.45, 2.75) is 44.2 Å². The van der Waals surface area contributed by atoms with Crippen LogP contribution in [0.4, 0.5) is 0 Å². The maximum atomic E-state index is 9.56. The van der Waals surface area contributed by atoms with Gasteiger partial charge in [0.1, 0.15) is 5.75 Å². The highest BCUT2D eigenvalue weighted by molar-refractivity contribution is 7.80. The predicted molar refractivity (Wildman–Crippen MR) is 90.8 cm³/mol. The van der Waals surface area contributed by atoms with Gasteiger partial charge in [-0.15, -0.1) is 0 Å². The van der Waals surface area contributed by atoms with Crippen LogP contribution in [-0.4, -0.2) is 34.0 Å². The van der Waals surface area contributed by atoms with Gasteiger partial charge in [-0.3, -0.25) is 0 Å². The number of phenols is 1. The van der Waals surface area contributed by atoms with Crippen LogP contribution in [0.3, 0.4) is 0 Å². The number of rotatable bonds is 5. The minimum Gasteiger partial charge on any atom is -0.508 e. The van der Waals surface area contributed by atoms with Crippen LogP contribution >= 0.6 is 12.2 Å². The normalized spacial score (nSPS) is 27.6. The predicted octanol–water partition coefficient (Wildman–Crippen LogP) is 1.95. The summed E-state index contributed by atoms with van der Waals surface area (Å²) in [5.41, 5.74) is 1.06. The Labute approximate surface area is 136 Å². The van der Waals surface area contributed by atoms with Crippen LogP contribution < -0.4 is 10.6 Å². The summed E-state index contributed by atoms with van der Waals surface area (Å²) in [7, 11) is 0. The number of phenolic OH excluding ortho intramolecular Hbond substituents is 1. The third-order valence-electron chi connectivity index (χ3n) is 5.03. The van der Waals surface area contributed by atoms with Gasteiger partial charge in [0.2, 0.25) is 0 Å². The molecular formula is C17H24N2O2S. The van der Waals surface area contributed by atoms with Gasteiger partial charge in [-0.05, 0) is 67.4 Å². The zero-order valence-corrected chi connectivity index (χ0v) is 13.5. The molecule has 2 aliphatic carbocycles. The van der Waals surface area contributed by atoms with E-state index in [1.807, 2.05) is 12.1 Å². The van der Waals surface area contributed by atoms with Gasteiger partial charge < -0.3 is 20.8 Å². The highest BCUT2D eigenvalue weighted by Crippen LogP contribution is 2.44. The van der Waals surface area contributed by atoms with E-state index in [4.69, 9.17) is 12.2 Å². The van der Waals surface area contributed by atoms with E-state index >= 15 is 0 Å². The van der Waals surface area contributed by atoms with Crippen molar-refractivity contribution in [2.75, 3.05) is 6.61 Å². The smallest absolute Gasteiger partial charge is 0.166 e. The van der Waals surface area contributed by atoms with E-state index < -0.39 is 0 Å². The Bertz CT molecular complexity index is 520. The molecule has 2 aliphatic rings. The summed E-state index contributed by atoms with van der Waals surface area (Å²) in [5, 5.41) is 26.2. The van der Waals surface area contributed by atoms with Crippen molar-refractivity contribution in [3.8, 4) is 5.75 Å². The largest absolute Gasteiger partial charge is 0.508 e. The summed E-state index contributed by atoms with van der Waals surface area (Å²) in [6.45, 7) is 0.0272. The molecule has 5 heteroatoms. The minimum atomic E-state index is -0.108. The number of hydrogen-bond acceptors (Lipinski definition) is 3. The number of nitrogens with one attached hydrogen (secondary N) is 2. The van der Waals surface area contributed by atoms with Crippen molar-refractivity contribution in [1.29, 1.82) is 0 Å². The lowest BCUT2D eigenvalue weighted by Crippen LogP contribution is -2.49. The second-order valence-corrected chi connectivity index (χ2v) is 7.06. The molecule has 0 aliphatic heterocycles. The molecule has 22 heavy (non-hydrogen) atoms. The van der Waals surface area contributed by atoms with E-state index in [0.29, 0.717) is 17.6 Å². The quantitative estimate of drug-likeness (QED) is 0.625. The van der Waals surface area contributed by atoms with Gasteiger partial charge >= 0.3 is 0 Å². The molecule has 1 aromatic carbocycles. The van der Waals surface area contributed by atoms with E-state index in [1.165, 1.54) is 25.7 Å². The molecule has 0 spiro atoms. The van der Waals surface area contributed by atoms with Crippen molar-refractivity contribution >= 4 is 17.3 Å². The third kappa shape index (κ3) is 3.70. The Morgan fingerprint density at radius 2 is 2.00 bits per heavy atom. The van der Waals surface area contributed by atoms with Crippen LogP contribution in [0.25, 0.3) is 0 Å². The highest BCUT2D eigenvalue weighted by Gasteiger charge is 2.39. The molecule has 120 valence electrons. The van der Waals surface area contributed by atoms with Crippen molar-refractivity contribution < 1.29 is 10.2 Å². The Balaban J connectivity index is 1.49. The number of aliphatic hydroxyl groups excluding tert-OH is 1. The van der Waals surface area contributed by atoms with Gasteiger partial charge in [0.25, 0.3) is 0 Å². The van der Waals surface area contributed by atoms with Crippen molar-refractivity contribution in [3.63, 3.8) is 0 Å². The molecule has 0 heterocycles. The van der Waals surface area contributed by atoms with Crippen LogP contribution in [0.15, 0.2) is 24.3 Å². The third-order valence-corrected chi connectivity index (χ3v) is 5.26. The number of aromatic hydroxyl groups is 1. The maximum Gasteiger partial charge on any atom is 0.166 e. The van der Waals surface area contributed by atoms with Crippen LogP contribution in [0.2, 0.25) is 0 Å². The zero-order chi connectivity index (χ0) is 15.5. The monoisotopic (exact) mass is 320 g/mol. The molecule has 1 aromatic rings. The average molecular weight is 320 g/mol. The van der Waals surface area contributed by atoms with E-state index in [0.717, 1.165) is 17.4 Å². The first kappa shape index (κ1) is 15.6. The molecule has 4 atom stereocenters. The lowest BCUT2D eigenvalue weighted by atomic mass is 9.95. The lowest BCUT2D eigenvalue weighted by Gasteiger charge is -2.26. The fourth-order valence-corrected chi connectivity index (χ4v) is 4.21. The van der Waals surface area contributed by atoms with E-state index in [-0.39, 0.29) is 18.4 Å². The molecule has 0 amide bonds. The first-order valence-electron chi connectivity index (χ1n) is 8.10. The van der Waals surface area contributed by atoms with Crippen LogP contribution in [-0.2, 0) is 6.42 Å². The molecule has 0 unspecified atom stereocenters.